The largest absolute Gasteiger partial charge is 0.488 e. The smallest absolute Gasteiger partial charge is 0.186 e. The van der Waals surface area contributed by atoms with E-state index in [9.17, 15) is 9.59 Å². The van der Waals surface area contributed by atoms with Crippen LogP contribution in [0.4, 0.5) is 0 Å². The fraction of sp³-hybridized carbons (Fsp3) is 0.0526. The third kappa shape index (κ3) is 1.91. The molecule has 0 fully saturated rings. The van der Waals surface area contributed by atoms with Gasteiger partial charge in [0.1, 0.15) is 12.4 Å². The lowest BCUT2D eigenvalue weighted by molar-refractivity contribution is -0.113. The number of carbonyl (C=O) groups excluding carboxylic acids is 2. The second-order valence-electron chi connectivity index (χ2n) is 5.28. The molecule has 4 rings (SSSR count). The summed E-state index contributed by atoms with van der Waals surface area (Å²) in [4.78, 5) is 23.8. The minimum absolute atomic E-state index is 0.156. The number of hydrogen-bond donors (Lipinski definition) is 0. The Morgan fingerprint density at radius 3 is 2.59 bits per heavy atom. The fourth-order valence-electron chi connectivity index (χ4n) is 2.92. The number of ketones is 2. The SMILES string of the molecule is O=C1C=CC(=O)C(c2cccc3c2-c2ccccc2CO3)=C1. The quantitative estimate of drug-likeness (QED) is 0.756. The molecular formula is C19H12O3. The van der Waals surface area contributed by atoms with Crippen LogP contribution in [0.1, 0.15) is 11.1 Å². The molecule has 0 unspecified atom stereocenters. The van der Waals surface area contributed by atoms with Crippen LogP contribution >= 0.6 is 0 Å². The van der Waals surface area contributed by atoms with Crippen molar-refractivity contribution in [2.75, 3.05) is 0 Å². The first-order valence-electron chi connectivity index (χ1n) is 7.06. The van der Waals surface area contributed by atoms with Crippen molar-refractivity contribution in [2.24, 2.45) is 0 Å². The second kappa shape index (κ2) is 4.81. The van der Waals surface area contributed by atoms with Gasteiger partial charge in [0.05, 0.1) is 0 Å². The highest BCUT2D eigenvalue weighted by atomic mass is 16.5. The zero-order chi connectivity index (χ0) is 15.1. The third-order valence-corrected chi connectivity index (χ3v) is 3.94. The van der Waals surface area contributed by atoms with Crippen molar-refractivity contribution < 1.29 is 14.3 Å². The van der Waals surface area contributed by atoms with Gasteiger partial charge in [0.15, 0.2) is 11.6 Å². The maximum absolute atomic E-state index is 12.2. The van der Waals surface area contributed by atoms with E-state index in [1.54, 1.807) is 0 Å². The minimum atomic E-state index is -0.169. The normalized spacial score (nSPS) is 15.7. The van der Waals surface area contributed by atoms with Gasteiger partial charge in [-0.25, -0.2) is 0 Å². The Kier molecular flexibility index (Phi) is 2.79. The highest BCUT2D eigenvalue weighted by Gasteiger charge is 2.24. The molecule has 0 spiro atoms. The summed E-state index contributed by atoms with van der Waals surface area (Å²) in [6, 6.07) is 13.6. The molecular weight excluding hydrogens is 276 g/mol. The Morgan fingerprint density at radius 1 is 0.864 bits per heavy atom. The summed E-state index contributed by atoms with van der Waals surface area (Å²) >= 11 is 0. The van der Waals surface area contributed by atoms with Crippen LogP contribution in [-0.2, 0) is 16.2 Å². The topological polar surface area (TPSA) is 43.4 Å². The summed E-state index contributed by atoms with van der Waals surface area (Å²) in [5, 5.41) is 0. The van der Waals surface area contributed by atoms with Crippen molar-refractivity contribution >= 4 is 17.1 Å². The zero-order valence-electron chi connectivity index (χ0n) is 11.7. The predicted molar refractivity (Wildman–Crippen MR) is 83.3 cm³/mol. The summed E-state index contributed by atoms with van der Waals surface area (Å²) < 4.78 is 5.80. The van der Waals surface area contributed by atoms with Crippen molar-refractivity contribution in [3.63, 3.8) is 0 Å². The van der Waals surface area contributed by atoms with Crippen molar-refractivity contribution in [1.29, 1.82) is 0 Å². The van der Waals surface area contributed by atoms with E-state index < -0.39 is 0 Å². The van der Waals surface area contributed by atoms with E-state index in [2.05, 4.69) is 0 Å². The molecule has 3 heteroatoms. The van der Waals surface area contributed by atoms with Gasteiger partial charge >= 0.3 is 0 Å². The van der Waals surface area contributed by atoms with Crippen molar-refractivity contribution in [1.82, 2.24) is 0 Å². The molecule has 0 bridgehead atoms. The van der Waals surface area contributed by atoms with Crippen LogP contribution in [0.25, 0.3) is 16.7 Å². The van der Waals surface area contributed by atoms with E-state index in [0.29, 0.717) is 12.2 Å². The molecule has 22 heavy (non-hydrogen) atoms. The Bertz CT molecular complexity index is 872. The average Bonchev–Trinajstić information content (AvgIpc) is 2.56. The van der Waals surface area contributed by atoms with Crippen molar-refractivity contribution in [3.8, 4) is 16.9 Å². The molecule has 0 amide bonds. The van der Waals surface area contributed by atoms with Gasteiger partial charge in [0, 0.05) is 11.1 Å². The van der Waals surface area contributed by atoms with Crippen LogP contribution in [0, 0.1) is 0 Å². The number of rotatable bonds is 1. The second-order valence-corrected chi connectivity index (χ2v) is 5.28. The van der Waals surface area contributed by atoms with Gasteiger partial charge in [0.2, 0.25) is 0 Å². The van der Waals surface area contributed by atoms with E-state index in [-0.39, 0.29) is 11.6 Å². The van der Waals surface area contributed by atoms with Crippen LogP contribution in [-0.4, -0.2) is 11.6 Å². The van der Waals surface area contributed by atoms with Crippen LogP contribution in [0.15, 0.2) is 60.7 Å². The van der Waals surface area contributed by atoms with E-state index >= 15 is 0 Å². The molecule has 0 aromatic heterocycles. The van der Waals surface area contributed by atoms with Gasteiger partial charge in [-0.15, -0.1) is 0 Å². The van der Waals surface area contributed by atoms with Crippen molar-refractivity contribution in [3.05, 3.63) is 71.8 Å². The van der Waals surface area contributed by atoms with E-state index in [4.69, 9.17) is 4.74 Å². The Hall–Kier alpha value is -2.94. The Balaban J connectivity index is 1.98. The summed E-state index contributed by atoms with van der Waals surface area (Å²) in [7, 11) is 0. The van der Waals surface area contributed by atoms with Crippen molar-refractivity contribution in [2.45, 2.75) is 6.61 Å². The maximum atomic E-state index is 12.2. The van der Waals surface area contributed by atoms with E-state index in [0.717, 1.165) is 28.0 Å². The average molecular weight is 288 g/mol. The first-order valence-corrected chi connectivity index (χ1v) is 7.06. The molecule has 1 aliphatic heterocycles. The molecule has 2 aromatic carbocycles. The van der Waals surface area contributed by atoms with Crippen LogP contribution in [0.2, 0.25) is 0 Å². The molecule has 0 N–H and O–H groups in total. The Labute approximate surface area is 127 Å². The molecule has 106 valence electrons. The van der Waals surface area contributed by atoms with E-state index in [1.807, 2.05) is 42.5 Å². The van der Waals surface area contributed by atoms with Gasteiger partial charge in [-0.2, -0.15) is 0 Å². The minimum Gasteiger partial charge on any atom is -0.488 e. The number of allylic oxidation sites excluding steroid dienone is 4. The molecule has 0 radical (unpaired) electrons. The molecule has 2 aliphatic rings. The van der Waals surface area contributed by atoms with Gasteiger partial charge in [0.25, 0.3) is 0 Å². The fourth-order valence-corrected chi connectivity index (χ4v) is 2.92. The van der Waals surface area contributed by atoms with Crippen LogP contribution in [0.5, 0.6) is 5.75 Å². The van der Waals surface area contributed by atoms with Gasteiger partial charge < -0.3 is 4.74 Å². The summed E-state index contributed by atoms with van der Waals surface area (Å²) in [5.41, 5.74) is 4.17. The summed E-state index contributed by atoms with van der Waals surface area (Å²) in [6.07, 6.45) is 4.02. The number of benzene rings is 2. The predicted octanol–water partition coefficient (Wildman–Crippen LogP) is 3.34. The first kappa shape index (κ1) is 12.8. The van der Waals surface area contributed by atoms with Gasteiger partial charge in [-0.1, -0.05) is 36.4 Å². The zero-order valence-corrected chi connectivity index (χ0v) is 11.7. The molecule has 0 saturated heterocycles. The van der Waals surface area contributed by atoms with Crippen LogP contribution in [0.3, 0.4) is 0 Å². The molecule has 1 aliphatic carbocycles. The molecule has 2 aromatic rings. The monoisotopic (exact) mass is 288 g/mol. The maximum Gasteiger partial charge on any atom is 0.186 e. The molecule has 0 atom stereocenters. The molecule has 1 heterocycles. The van der Waals surface area contributed by atoms with Crippen LogP contribution < -0.4 is 4.74 Å². The lowest BCUT2D eigenvalue weighted by Gasteiger charge is -2.24. The van der Waals surface area contributed by atoms with Gasteiger partial charge in [-0.05, 0) is 41.0 Å². The number of carbonyl (C=O) groups is 2. The number of fused-ring (bicyclic) bond motifs is 3. The summed E-state index contributed by atoms with van der Waals surface area (Å²) in [5.74, 6) is 0.417. The summed E-state index contributed by atoms with van der Waals surface area (Å²) in [6.45, 7) is 0.512. The van der Waals surface area contributed by atoms with Gasteiger partial charge in [-0.3, -0.25) is 9.59 Å². The molecule has 3 nitrogen and oxygen atoms in total. The van der Waals surface area contributed by atoms with E-state index in [1.165, 1.54) is 18.2 Å². The number of hydrogen-bond acceptors (Lipinski definition) is 3. The third-order valence-electron chi connectivity index (χ3n) is 3.94. The lowest BCUT2D eigenvalue weighted by atomic mass is 9.86. The lowest BCUT2D eigenvalue weighted by Crippen LogP contribution is -2.11. The molecule has 0 saturated carbocycles. The first-order chi connectivity index (χ1) is 10.7. The Morgan fingerprint density at radius 2 is 1.68 bits per heavy atom. The highest BCUT2D eigenvalue weighted by Crippen LogP contribution is 2.42. The number of ether oxygens (including phenoxy) is 1. The standard InChI is InChI=1S/C19H12O3/c20-13-8-9-17(21)16(10-13)15-6-3-7-18-19(15)14-5-2-1-4-12(14)11-22-18/h1-10H,11H2. The highest BCUT2D eigenvalue weighted by molar-refractivity contribution is 6.34.